The quantitative estimate of drug-likeness (QED) is 0.645. The first kappa shape index (κ1) is 21.2. The van der Waals surface area contributed by atoms with Crippen molar-refractivity contribution in [2.24, 2.45) is 5.92 Å². The van der Waals surface area contributed by atoms with Crippen LogP contribution in [-0.4, -0.2) is 52.8 Å². The number of aromatic amines is 1. The molecule has 0 saturated carbocycles. The van der Waals surface area contributed by atoms with Gasteiger partial charge in [-0.2, -0.15) is 0 Å². The lowest BCUT2D eigenvalue weighted by Gasteiger charge is -2.35. The number of carbonyl (C=O) groups is 2. The Labute approximate surface area is 184 Å². The highest BCUT2D eigenvalue weighted by Gasteiger charge is 2.27. The molecule has 1 aliphatic rings. The van der Waals surface area contributed by atoms with Gasteiger partial charge in [0.15, 0.2) is 0 Å². The number of amides is 2. The predicted octanol–water partition coefficient (Wildman–Crippen LogP) is 4.42. The lowest BCUT2D eigenvalue weighted by atomic mass is 9.96. The minimum Gasteiger partial charge on any atom is -0.351 e. The second-order valence-corrected chi connectivity index (χ2v) is 8.62. The van der Waals surface area contributed by atoms with Gasteiger partial charge in [-0.15, -0.1) is 0 Å². The Hall–Kier alpha value is -3.08. The van der Waals surface area contributed by atoms with Gasteiger partial charge in [0, 0.05) is 37.1 Å². The van der Waals surface area contributed by atoms with Gasteiger partial charge >= 0.3 is 0 Å². The van der Waals surface area contributed by atoms with Crippen LogP contribution >= 0.6 is 0 Å². The topological polar surface area (TPSA) is 56.4 Å². The monoisotopic (exact) mass is 417 g/mol. The smallest absolute Gasteiger partial charge is 0.270 e. The molecule has 1 unspecified atom stereocenters. The number of aromatic nitrogens is 1. The highest BCUT2D eigenvalue weighted by atomic mass is 16.2. The van der Waals surface area contributed by atoms with Crippen LogP contribution in [0.25, 0.3) is 10.9 Å². The summed E-state index contributed by atoms with van der Waals surface area (Å²) < 4.78 is 0. The number of nitrogens with zero attached hydrogens (tertiary/aromatic N) is 2. The zero-order valence-corrected chi connectivity index (χ0v) is 18.4. The van der Waals surface area contributed by atoms with Crippen molar-refractivity contribution in [3.63, 3.8) is 0 Å². The zero-order chi connectivity index (χ0) is 21.8. The van der Waals surface area contributed by atoms with Crippen molar-refractivity contribution < 1.29 is 9.59 Å². The molecule has 0 bridgehead atoms. The van der Waals surface area contributed by atoms with E-state index in [9.17, 15) is 9.59 Å². The number of benzene rings is 2. The molecule has 1 fully saturated rings. The summed E-state index contributed by atoms with van der Waals surface area (Å²) in [6.07, 6.45) is 2.48. The van der Waals surface area contributed by atoms with Crippen molar-refractivity contribution in [1.82, 2.24) is 14.8 Å². The Morgan fingerprint density at radius 2 is 1.90 bits per heavy atom. The van der Waals surface area contributed by atoms with Gasteiger partial charge in [-0.1, -0.05) is 48.0 Å². The molecule has 2 aromatic carbocycles. The number of nitrogens with one attached hydrogen (secondary N) is 1. The summed E-state index contributed by atoms with van der Waals surface area (Å²) in [7, 11) is 0. The maximum atomic E-state index is 13.1. The number of H-pyrrole nitrogens is 1. The molecule has 5 nitrogen and oxygen atoms in total. The van der Waals surface area contributed by atoms with E-state index in [1.54, 1.807) is 0 Å². The molecule has 2 amide bonds. The van der Waals surface area contributed by atoms with Crippen molar-refractivity contribution in [2.75, 3.05) is 26.2 Å². The van der Waals surface area contributed by atoms with Crippen molar-refractivity contribution in [2.45, 2.75) is 33.1 Å². The van der Waals surface area contributed by atoms with Crippen LogP contribution in [0.5, 0.6) is 0 Å². The molecule has 0 aliphatic carbocycles. The Kier molecular flexibility index (Phi) is 6.40. The fourth-order valence-electron chi connectivity index (χ4n) is 4.46. The maximum Gasteiger partial charge on any atom is 0.270 e. The summed E-state index contributed by atoms with van der Waals surface area (Å²) in [5.41, 5.74) is 3.87. The van der Waals surface area contributed by atoms with Gasteiger partial charge in [0.05, 0.1) is 6.42 Å². The van der Waals surface area contributed by atoms with Gasteiger partial charge in [-0.25, -0.2) is 0 Å². The second kappa shape index (κ2) is 9.38. The van der Waals surface area contributed by atoms with Gasteiger partial charge in [-0.3, -0.25) is 9.59 Å². The molecule has 0 radical (unpaired) electrons. The minimum absolute atomic E-state index is 0.0294. The molecule has 3 aromatic rings. The van der Waals surface area contributed by atoms with Crippen molar-refractivity contribution in [1.29, 1.82) is 0 Å². The molecule has 1 saturated heterocycles. The number of rotatable bonds is 6. The van der Waals surface area contributed by atoms with Crippen LogP contribution in [-0.2, 0) is 11.2 Å². The first-order chi connectivity index (χ1) is 15.0. The molecule has 1 N–H and O–H groups in total. The minimum atomic E-state index is 0.0294. The highest BCUT2D eigenvalue weighted by Crippen LogP contribution is 2.21. The van der Waals surface area contributed by atoms with Crippen LogP contribution in [0.2, 0.25) is 0 Å². The standard InChI is InChI=1S/C26H31N3O2/c1-3-28(26(31)24-16-22-8-4-5-9-23(22)27-24)17-21-7-6-14-29(18-21)25(30)15-20-12-10-19(2)11-13-20/h4-5,8-13,16,21,27H,3,6-7,14-15,17-18H2,1-2H3. The van der Waals surface area contributed by atoms with Crippen molar-refractivity contribution >= 4 is 22.7 Å². The molecule has 1 aliphatic heterocycles. The van der Waals surface area contributed by atoms with E-state index in [1.165, 1.54) is 5.56 Å². The number of hydrogen-bond acceptors (Lipinski definition) is 2. The second-order valence-electron chi connectivity index (χ2n) is 8.62. The summed E-state index contributed by atoms with van der Waals surface area (Å²) in [5, 5.41) is 1.05. The number of para-hydroxylation sites is 1. The molecule has 1 aromatic heterocycles. The summed E-state index contributed by atoms with van der Waals surface area (Å²) in [6.45, 7) is 6.94. The number of fused-ring (bicyclic) bond motifs is 1. The van der Waals surface area contributed by atoms with E-state index in [4.69, 9.17) is 0 Å². The van der Waals surface area contributed by atoms with Crippen LogP contribution in [0.15, 0.2) is 54.6 Å². The Morgan fingerprint density at radius 1 is 1.13 bits per heavy atom. The first-order valence-corrected chi connectivity index (χ1v) is 11.2. The third kappa shape index (κ3) is 4.98. The van der Waals surface area contributed by atoms with Gasteiger partial charge in [0.2, 0.25) is 5.91 Å². The molecule has 1 atom stereocenters. The van der Waals surface area contributed by atoms with E-state index in [2.05, 4.69) is 24.0 Å². The van der Waals surface area contributed by atoms with E-state index in [0.29, 0.717) is 31.1 Å². The maximum absolute atomic E-state index is 13.1. The molecule has 4 rings (SSSR count). The molecule has 2 heterocycles. The number of carbonyl (C=O) groups excluding carboxylic acids is 2. The van der Waals surface area contributed by atoms with E-state index >= 15 is 0 Å². The average molecular weight is 418 g/mol. The number of hydrogen-bond donors (Lipinski definition) is 1. The number of aryl methyl sites for hydroxylation is 1. The lowest BCUT2D eigenvalue weighted by molar-refractivity contribution is -0.132. The van der Waals surface area contributed by atoms with Gasteiger partial charge in [0.1, 0.15) is 5.69 Å². The van der Waals surface area contributed by atoms with Gasteiger partial charge in [0.25, 0.3) is 5.91 Å². The summed E-state index contributed by atoms with van der Waals surface area (Å²) in [5.74, 6) is 0.518. The Balaban J connectivity index is 1.38. The van der Waals surface area contributed by atoms with Gasteiger partial charge in [-0.05, 0) is 50.3 Å². The normalized spacial score (nSPS) is 16.5. The average Bonchev–Trinajstić information content (AvgIpc) is 3.23. The Bertz CT molecular complexity index is 1020. The van der Waals surface area contributed by atoms with Crippen molar-refractivity contribution in [3.05, 3.63) is 71.4 Å². The molecular weight excluding hydrogens is 386 g/mol. The summed E-state index contributed by atoms with van der Waals surface area (Å²) in [6, 6.07) is 18.0. The number of likely N-dealkylation sites (tertiary alicyclic amines) is 1. The summed E-state index contributed by atoms with van der Waals surface area (Å²) in [4.78, 5) is 33.1. The van der Waals surface area contributed by atoms with Crippen molar-refractivity contribution in [3.8, 4) is 0 Å². The molecule has 162 valence electrons. The third-order valence-corrected chi connectivity index (χ3v) is 6.26. The predicted molar refractivity (Wildman–Crippen MR) is 124 cm³/mol. The first-order valence-electron chi connectivity index (χ1n) is 11.2. The summed E-state index contributed by atoms with van der Waals surface area (Å²) >= 11 is 0. The third-order valence-electron chi connectivity index (χ3n) is 6.26. The molecule has 0 spiro atoms. The van der Waals surface area contributed by atoms with Crippen LogP contribution < -0.4 is 0 Å². The largest absolute Gasteiger partial charge is 0.351 e. The Morgan fingerprint density at radius 3 is 2.65 bits per heavy atom. The molecular formula is C26H31N3O2. The fourth-order valence-corrected chi connectivity index (χ4v) is 4.46. The van der Waals surface area contributed by atoms with E-state index < -0.39 is 0 Å². The van der Waals surface area contributed by atoms with E-state index in [-0.39, 0.29) is 11.8 Å². The number of piperidine rings is 1. The van der Waals surface area contributed by atoms with E-state index in [1.807, 2.05) is 59.2 Å². The van der Waals surface area contributed by atoms with Crippen LogP contribution in [0.4, 0.5) is 0 Å². The molecule has 5 heteroatoms. The molecule has 31 heavy (non-hydrogen) atoms. The van der Waals surface area contributed by atoms with Gasteiger partial charge < -0.3 is 14.8 Å². The van der Waals surface area contributed by atoms with Crippen LogP contribution in [0, 0.1) is 12.8 Å². The lowest BCUT2D eigenvalue weighted by Crippen LogP contribution is -2.45. The fraction of sp³-hybridized carbons (Fsp3) is 0.385. The van der Waals surface area contributed by atoms with Crippen LogP contribution in [0.1, 0.15) is 41.4 Å². The highest BCUT2D eigenvalue weighted by molar-refractivity contribution is 5.98. The zero-order valence-electron chi connectivity index (χ0n) is 18.4. The SMILES string of the molecule is CCN(CC1CCCN(C(=O)Cc2ccc(C)cc2)C1)C(=O)c1cc2ccccc2[nH]1. The van der Waals surface area contributed by atoms with E-state index in [0.717, 1.165) is 42.4 Å². The van der Waals surface area contributed by atoms with Crippen LogP contribution in [0.3, 0.4) is 0 Å².